The molecule has 1 heterocycles. The number of nitrogens with one attached hydrogen (secondary N) is 1. The number of H-pyrrole nitrogens is 1. The summed E-state index contributed by atoms with van der Waals surface area (Å²) in [5, 5.41) is 9.96. The van der Waals surface area contributed by atoms with Gasteiger partial charge in [-0.2, -0.15) is 0 Å². The molecule has 3 rings (SSSR count). The molecule has 2 aromatic carbocycles. The fraction of sp³-hybridized carbons (Fsp3) is 0.167. The summed E-state index contributed by atoms with van der Waals surface area (Å²) in [6.45, 7) is 0.0665. The number of aliphatic hydroxyl groups is 1. The summed E-state index contributed by atoms with van der Waals surface area (Å²) in [5.41, 5.74) is 3.28. The Labute approximate surface area is 127 Å². The van der Waals surface area contributed by atoms with Gasteiger partial charge in [0.1, 0.15) is 5.82 Å². The Bertz CT molecular complexity index is 806. The molecule has 3 aromatic rings. The van der Waals surface area contributed by atoms with Crippen molar-refractivity contribution >= 4 is 16.7 Å². The van der Waals surface area contributed by atoms with E-state index in [2.05, 4.69) is 4.98 Å². The smallest absolute Gasteiger partial charge is 0.169 e. The molecule has 0 saturated heterocycles. The molecule has 4 heteroatoms. The number of fused-ring (bicyclic) bond motifs is 1. The minimum absolute atomic E-state index is 0.0148. The molecule has 0 radical (unpaired) electrons. The van der Waals surface area contributed by atoms with Crippen molar-refractivity contribution in [1.29, 1.82) is 0 Å². The summed E-state index contributed by atoms with van der Waals surface area (Å²) in [7, 11) is 0. The van der Waals surface area contributed by atoms with Gasteiger partial charge in [0.25, 0.3) is 0 Å². The maximum Gasteiger partial charge on any atom is 0.169 e. The number of aromatic nitrogens is 1. The lowest BCUT2D eigenvalue weighted by Crippen LogP contribution is -2.02. The number of carbonyl (C=O) groups excluding carboxylic acids is 1. The molecule has 0 bridgehead atoms. The minimum atomic E-state index is -0.308. The van der Waals surface area contributed by atoms with Crippen molar-refractivity contribution in [3.8, 4) is 0 Å². The highest BCUT2D eigenvalue weighted by Crippen LogP contribution is 2.23. The summed E-state index contributed by atoms with van der Waals surface area (Å²) < 4.78 is 12.9. The van der Waals surface area contributed by atoms with E-state index in [0.29, 0.717) is 12.0 Å². The number of benzene rings is 2. The van der Waals surface area contributed by atoms with Crippen LogP contribution < -0.4 is 0 Å². The molecule has 1 aromatic heterocycles. The van der Waals surface area contributed by atoms with E-state index in [4.69, 9.17) is 5.11 Å². The third-order valence-electron chi connectivity index (χ3n) is 3.76. The first kappa shape index (κ1) is 14.5. The first-order chi connectivity index (χ1) is 10.7. The Morgan fingerprint density at radius 2 is 1.91 bits per heavy atom. The lowest BCUT2D eigenvalue weighted by molar-refractivity contribution is 0.0994. The van der Waals surface area contributed by atoms with Gasteiger partial charge in [-0.05, 0) is 29.7 Å². The van der Waals surface area contributed by atoms with Crippen LogP contribution in [0.2, 0.25) is 0 Å². The molecule has 0 aliphatic heterocycles. The van der Waals surface area contributed by atoms with Crippen LogP contribution in [0.25, 0.3) is 10.9 Å². The van der Waals surface area contributed by atoms with Gasteiger partial charge >= 0.3 is 0 Å². The number of para-hydroxylation sites is 1. The lowest BCUT2D eigenvalue weighted by atomic mass is 10.0. The number of aromatic amines is 1. The molecule has 112 valence electrons. The van der Waals surface area contributed by atoms with Crippen LogP contribution in [0.15, 0.2) is 48.7 Å². The number of rotatable bonds is 5. The highest BCUT2D eigenvalue weighted by molar-refractivity contribution is 6.09. The summed E-state index contributed by atoms with van der Waals surface area (Å²) in [5.74, 6) is -0.323. The Hall–Kier alpha value is -2.46. The van der Waals surface area contributed by atoms with Gasteiger partial charge in [-0.3, -0.25) is 4.79 Å². The van der Waals surface area contributed by atoms with Crippen LogP contribution in [0, 0.1) is 5.82 Å². The van der Waals surface area contributed by atoms with E-state index in [1.165, 1.54) is 12.1 Å². The van der Waals surface area contributed by atoms with Crippen LogP contribution in [0.1, 0.15) is 21.5 Å². The summed E-state index contributed by atoms with van der Waals surface area (Å²) >= 11 is 0. The molecule has 0 aliphatic carbocycles. The van der Waals surface area contributed by atoms with E-state index in [1.54, 1.807) is 18.3 Å². The molecule has 0 saturated carbocycles. The van der Waals surface area contributed by atoms with E-state index in [1.807, 2.05) is 18.2 Å². The first-order valence-corrected chi connectivity index (χ1v) is 7.16. The monoisotopic (exact) mass is 297 g/mol. The average Bonchev–Trinajstić information content (AvgIpc) is 2.95. The van der Waals surface area contributed by atoms with Crippen molar-refractivity contribution < 1.29 is 14.3 Å². The summed E-state index contributed by atoms with van der Waals surface area (Å²) in [4.78, 5) is 15.6. The van der Waals surface area contributed by atoms with Crippen molar-refractivity contribution in [2.24, 2.45) is 0 Å². The second-order valence-corrected chi connectivity index (χ2v) is 5.24. The van der Waals surface area contributed by atoms with Gasteiger partial charge in [0, 0.05) is 35.7 Å². The van der Waals surface area contributed by atoms with Crippen molar-refractivity contribution in [3.63, 3.8) is 0 Å². The molecule has 0 spiro atoms. The fourth-order valence-corrected chi connectivity index (χ4v) is 2.66. The predicted molar refractivity (Wildman–Crippen MR) is 83.5 cm³/mol. The number of hydrogen-bond acceptors (Lipinski definition) is 2. The Morgan fingerprint density at radius 3 is 2.64 bits per heavy atom. The van der Waals surface area contributed by atoms with Crippen LogP contribution in [0.4, 0.5) is 4.39 Å². The van der Waals surface area contributed by atoms with Crippen LogP contribution in [0.3, 0.4) is 0 Å². The molecule has 3 nitrogen and oxygen atoms in total. The second kappa shape index (κ2) is 6.12. The fourth-order valence-electron chi connectivity index (χ4n) is 2.66. The summed E-state index contributed by atoms with van der Waals surface area (Å²) in [6.07, 6.45) is 2.48. The molecule has 0 aliphatic rings. The third kappa shape index (κ3) is 2.78. The first-order valence-electron chi connectivity index (χ1n) is 7.16. The molecular weight excluding hydrogens is 281 g/mol. The quantitative estimate of drug-likeness (QED) is 0.710. The summed E-state index contributed by atoms with van der Waals surface area (Å²) in [6, 6.07) is 11.7. The van der Waals surface area contributed by atoms with Crippen LogP contribution in [-0.4, -0.2) is 22.5 Å². The number of halogens is 1. The average molecular weight is 297 g/mol. The Kier molecular flexibility index (Phi) is 4.02. The van der Waals surface area contributed by atoms with Crippen LogP contribution in [0.5, 0.6) is 0 Å². The van der Waals surface area contributed by atoms with Gasteiger partial charge in [-0.1, -0.05) is 30.3 Å². The number of Topliss-reactive ketones (excluding diaryl/α,β-unsaturated/α-hetero) is 1. The minimum Gasteiger partial charge on any atom is -0.396 e. The van der Waals surface area contributed by atoms with E-state index < -0.39 is 0 Å². The number of ketones is 1. The normalized spacial score (nSPS) is 11.0. The number of aliphatic hydroxyl groups excluding tert-OH is 1. The van der Waals surface area contributed by atoms with E-state index >= 15 is 0 Å². The standard InChI is InChI=1S/C18H16FNO2/c19-14-6-4-12(5-7-14)10-17(22)16-11-20-18-13(8-9-21)2-1-3-15(16)18/h1-7,11,20-21H,8-10H2. The topological polar surface area (TPSA) is 53.1 Å². The van der Waals surface area contributed by atoms with Gasteiger partial charge in [-0.15, -0.1) is 0 Å². The van der Waals surface area contributed by atoms with Crippen LogP contribution >= 0.6 is 0 Å². The van der Waals surface area contributed by atoms with Gasteiger partial charge in [0.2, 0.25) is 0 Å². The van der Waals surface area contributed by atoms with Crippen molar-refractivity contribution in [2.45, 2.75) is 12.8 Å². The highest BCUT2D eigenvalue weighted by Gasteiger charge is 2.14. The largest absolute Gasteiger partial charge is 0.396 e. The SMILES string of the molecule is O=C(Cc1ccc(F)cc1)c1c[nH]c2c(CCO)cccc12. The Balaban J connectivity index is 1.91. The maximum atomic E-state index is 12.9. The second-order valence-electron chi connectivity index (χ2n) is 5.24. The maximum absolute atomic E-state index is 12.9. The molecular formula is C18H16FNO2. The highest BCUT2D eigenvalue weighted by atomic mass is 19.1. The van der Waals surface area contributed by atoms with Crippen LogP contribution in [-0.2, 0) is 12.8 Å². The molecule has 0 amide bonds. The predicted octanol–water partition coefficient (Wildman–Crippen LogP) is 3.27. The van der Waals surface area contributed by atoms with Gasteiger partial charge < -0.3 is 10.1 Å². The van der Waals surface area contributed by atoms with Gasteiger partial charge in [0.05, 0.1) is 0 Å². The van der Waals surface area contributed by atoms with Crippen molar-refractivity contribution in [3.05, 3.63) is 71.2 Å². The van der Waals surface area contributed by atoms with E-state index in [-0.39, 0.29) is 24.6 Å². The molecule has 0 unspecified atom stereocenters. The molecule has 0 fully saturated rings. The molecule has 0 atom stereocenters. The van der Waals surface area contributed by atoms with Gasteiger partial charge in [0.15, 0.2) is 5.78 Å². The zero-order valence-corrected chi connectivity index (χ0v) is 12.0. The number of hydrogen-bond donors (Lipinski definition) is 2. The van der Waals surface area contributed by atoms with E-state index in [9.17, 15) is 9.18 Å². The zero-order valence-electron chi connectivity index (χ0n) is 12.0. The zero-order chi connectivity index (χ0) is 15.5. The molecule has 22 heavy (non-hydrogen) atoms. The third-order valence-corrected chi connectivity index (χ3v) is 3.76. The van der Waals surface area contributed by atoms with Crippen molar-refractivity contribution in [1.82, 2.24) is 4.98 Å². The van der Waals surface area contributed by atoms with E-state index in [0.717, 1.165) is 22.0 Å². The lowest BCUT2D eigenvalue weighted by Gasteiger charge is -2.03. The Morgan fingerprint density at radius 1 is 1.14 bits per heavy atom. The van der Waals surface area contributed by atoms with Crippen molar-refractivity contribution in [2.75, 3.05) is 6.61 Å². The number of carbonyl (C=O) groups is 1. The van der Waals surface area contributed by atoms with Gasteiger partial charge in [-0.25, -0.2) is 4.39 Å². The molecule has 2 N–H and O–H groups in total.